The topological polar surface area (TPSA) is 85.3 Å². The first kappa shape index (κ1) is 19.1. The lowest BCUT2D eigenvalue weighted by Crippen LogP contribution is -2.41. The molecule has 0 aromatic heterocycles. The largest absolute Gasteiger partial charge is 0.504 e. The number of rotatable bonds is 3. The molecule has 2 aromatic carbocycles. The van der Waals surface area contributed by atoms with Crippen molar-refractivity contribution in [2.45, 2.75) is 32.7 Å². The lowest BCUT2D eigenvalue weighted by molar-refractivity contribution is -0.133. The smallest absolute Gasteiger partial charge is 0.308 e. The highest BCUT2D eigenvalue weighted by Crippen LogP contribution is 2.54. The molecule has 0 saturated carbocycles. The molecule has 1 atom stereocenters. The van der Waals surface area contributed by atoms with Gasteiger partial charge in [0.1, 0.15) is 0 Å². The summed E-state index contributed by atoms with van der Waals surface area (Å²) in [6.45, 7) is 3.49. The Kier molecular flexibility index (Phi) is 4.61. The Morgan fingerprint density at radius 2 is 1.79 bits per heavy atom. The van der Waals surface area contributed by atoms with Crippen molar-refractivity contribution in [2.24, 2.45) is 0 Å². The molecule has 1 N–H and O–H groups in total. The van der Waals surface area contributed by atoms with Crippen LogP contribution in [0.5, 0.6) is 23.0 Å². The molecule has 152 valence electrons. The van der Waals surface area contributed by atoms with Crippen molar-refractivity contribution in [3.05, 3.63) is 34.9 Å². The molecule has 0 fully saturated rings. The molecular formula is C22H23NO6. The standard InChI is InChI=1S/C22H23NO6/c1-11(24)23-6-5-13-9-19(28-4)22(29-12(2)25)21-15-10-18(27-3)17(26)8-14(15)7-16(23)20(13)21/h8-10,16,26H,5-7H2,1-4H3. The third-order valence-electron chi connectivity index (χ3n) is 5.66. The maximum atomic E-state index is 12.3. The minimum Gasteiger partial charge on any atom is -0.504 e. The van der Waals surface area contributed by atoms with Crippen LogP contribution in [-0.4, -0.2) is 42.6 Å². The molecular weight excluding hydrogens is 374 g/mol. The molecule has 0 radical (unpaired) electrons. The average molecular weight is 397 g/mol. The number of carbonyl (C=O) groups is 2. The monoisotopic (exact) mass is 397 g/mol. The van der Waals surface area contributed by atoms with Gasteiger partial charge in [0.25, 0.3) is 0 Å². The van der Waals surface area contributed by atoms with E-state index < -0.39 is 5.97 Å². The molecule has 0 saturated heterocycles. The second kappa shape index (κ2) is 6.99. The van der Waals surface area contributed by atoms with Gasteiger partial charge in [-0.3, -0.25) is 9.59 Å². The van der Waals surface area contributed by atoms with Crippen LogP contribution in [0.4, 0.5) is 0 Å². The third-order valence-corrected chi connectivity index (χ3v) is 5.66. The van der Waals surface area contributed by atoms with Gasteiger partial charge in [0.05, 0.1) is 20.3 Å². The van der Waals surface area contributed by atoms with E-state index in [4.69, 9.17) is 14.2 Å². The number of hydrogen-bond donors (Lipinski definition) is 1. The molecule has 1 aliphatic heterocycles. The fourth-order valence-corrected chi connectivity index (χ4v) is 4.49. The maximum Gasteiger partial charge on any atom is 0.308 e. The van der Waals surface area contributed by atoms with Gasteiger partial charge < -0.3 is 24.2 Å². The Hall–Kier alpha value is -3.22. The van der Waals surface area contributed by atoms with Crippen LogP contribution in [0.15, 0.2) is 18.2 Å². The number of amides is 1. The molecule has 0 bridgehead atoms. The predicted octanol–water partition coefficient (Wildman–Crippen LogP) is 3.00. The van der Waals surface area contributed by atoms with Crippen molar-refractivity contribution in [1.82, 2.24) is 4.90 Å². The van der Waals surface area contributed by atoms with Crippen LogP contribution in [0.25, 0.3) is 11.1 Å². The molecule has 7 heteroatoms. The van der Waals surface area contributed by atoms with Crippen LogP contribution in [0, 0.1) is 0 Å². The lowest BCUT2D eigenvalue weighted by Gasteiger charge is -2.42. The highest BCUT2D eigenvalue weighted by molar-refractivity contribution is 5.88. The van der Waals surface area contributed by atoms with E-state index in [0.717, 1.165) is 22.3 Å². The Morgan fingerprint density at radius 3 is 2.41 bits per heavy atom. The zero-order valence-corrected chi connectivity index (χ0v) is 16.9. The predicted molar refractivity (Wildman–Crippen MR) is 105 cm³/mol. The zero-order chi connectivity index (χ0) is 20.9. The molecule has 1 heterocycles. The van der Waals surface area contributed by atoms with Crippen LogP contribution < -0.4 is 14.2 Å². The van der Waals surface area contributed by atoms with E-state index in [2.05, 4.69) is 0 Å². The number of aromatic hydroxyl groups is 1. The van der Waals surface area contributed by atoms with E-state index in [1.165, 1.54) is 21.1 Å². The van der Waals surface area contributed by atoms with Crippen LogP contribution in [0.1, 0.15) is 36.6 Å². The number of ether oxygens (including phenoxy) is 3. The number of benzene rings is 2. The first-order chi connectivity index (χ1) is 13.8. The minimum atomic E-state index is -0.465. The lowest BCUT2D eigenvalue weighted by atomic mass is 9.76. The number of hydrogen-bond acceptors (Lipinski definition) is 6. The van der Waals surface area contributed by atoms with Gasteiger partial charge in [0.2, 0.25) is 5.91 Å². The van der Waals surface area contributed by atoms with Crippen LogP contribution in [0.3, 0.4) is 0 Å². The van der Waals surface area contributed by atoms with Crippen LogP contribution >= 0.6 is 0 Å². The van der Waals surface area contributed by atoms with Gasteiger partial charge in [-0.05, 0) is 53.3 Å². The van der Waals surface area contributed by atoms with E-state index in [-0.39, 0.29) is 17.7 Å². The summed E-state index contributed by atoms with van der Waals surface area (Å²) in [7, 11) is 3.02. The Balaban J connectivity index is 2.08. The van der Waals surface area contributed by atoms with Gasteiger partial charge in [-0.25, -0.2) is 0 Å². The van der Waals surface area contributed by atoms with Crippen LogP contribution in [-0.2, 0) is 22.4 Å². The molecule has 2 aromatic rings. The second-order valence-corrected chi connectivity index (χ2v) is 7.31. The molecule has 0 spiro atoms. The average Bonchev–Trinajstić information content (AvgIpc) is 2.68. The molecule has 4 rings (SSSR count). The van der Waals surface area contributed by atoms with Gasteiger partial charge in [-0.15, -0.1) is 0 Å². The van der Waals surface area contributed by atoms with Gasteiger partial charge in [0, 0.05) is 26.0 Å². The molecule has 7 nitrogen and oxygen atoms in total. The Labute approximate surface area is 168 Å². The summed E-state index contributed by atoms with van der Waals surface area (Å²) in [6.07, 6.45) is 1.23. The van der Waals surface area contributed by atoms with Crippen molar-refractivity contribution in [3.63, 3.8) is 0 Å². The molecule has 1 unspecified atom stereocenters. The number of carbonyl (C=O) groups excluding carboxylic acids is 2. The Morgan fingerprint density at radius 1 is 1.07 bits per heavy atom. The number of phenolic OH excluding ortho intramolecular Hbond substituents is 1. The SMILES string of the molecule is COc1cc2c(cc1O)CC1c3c(cc(OC)c(OC(C)=O)c3-2)CCN1C(C)=O. The van der Waals surface area contributed by atoms with Gasteiger partial charge in [-0.1, -0.05) is 0 Å². The van der Waals surface area contributed by atoms with Crippen molar-refractivity contribution in [1.29, 1.82) is 0 Å². The van der Waals surface area contributed by atoms with E-state index >= 15 is 0 Å². The fourth-order valence-electron chi connectivity index (χ4n) is 4.49. The second-order valence-electron chi connectivity index (χ2n) is 7.31. The van der Waals surface area contributed by atoms with Crippen LogP contribution in [0.2, 0.25) is 0 Å². The quantitative estimate of drug-likeness (QED) is 0.633. The fraction of sp³-hybridized carbons (Fsp3) is 0.364. The molecule has 29 heavy (non-hydrogen) atoms. The Bertz CT molecular complexity index is 1030. The summed E-state index contributed by atoms with van der Waals surface area (Å²) >= 11 is 0. The number of fused-ring (bicyclic) bond motifs is 2. The zero-order valence-electron chi connectivity index (χ0n) is 16.9. The van der Waals surface area contributed by atoms with E-state index in [1.54, 1.807) is 19.1 Å². The first-order valence-corrected chi connectivity index (χ1v) is 9.45. The maximum absolute atomic E-state index is 12.3. The highest BCUT2D eigenvalue weighted by atomic mass is 16.6. The summed E-state index contributed by atoms with van der Waals surface area (Å²) in [6, 6.07) is 5.09. The normalized spacial score (nSPS) is 16.6. The minimum absolute atomic E-state index is 0.0161. The van der Waals surface area contributed by atoms with Gasteiger partial charge in [-0.2, -0.15) is 0 Å². The van der Waals surface area contributed by atoms with Gasteiger partial charge in [0.15, 0.2) is 23.0 Å². The number of methoxy groups -OCH3 is 2. The summed E-state index contributed by atoms with van der Waals surface area (Å²) in [5.74, 6) is 0.654. The summed E-state index contributed by atoms with van der Waals surface area (Å²) in [5.41, 5.74) is 4.39. The first-order valence-electron chi connectivity index (χ1n) is 9.45. The molecule has 1 amide bonds. The number of esters is 1. The van der Waals surface area contributed by atoms with Crippen molar-refractivity contribution in [3.8, 4) is 34.1 Å². The summed E-state index contributed by atoms with van der Waals surface area (Å²) in [5, 5.41) is 10.3. The number of nitrogens with zero attached hydrogens (tertiary/aromatic N) is 1. The van der Waals surface area contributed by atoms with Gasteiger partial charge >= 0.3 is 5.97 Å². The summed E-state index contributed by atoms with van der Waals surface area (Å²) < 4.78 is 16.4. The highest BCUT2D eigenvalue weighted by Gasteiger charge is 2.39. The van der Waals surface area contributed by atoms with E-state index in [1.807, 2.05) is 11.0 Å². The summed E-state index contributed by atoms with van der Waals surface area (Å²) in [4.78, 5) is 26.0. The molecule has 1 aliphatic carbocycles. The van der Waals surface area contributed by atoms with E-state index in [9.17, 15) is 14.7 Å². The van der Waals surface area contributed by atoms with Crippen molar-refractivity contribution >= 4 is 11.9 Å². The van der Waals surface area contributed by atoms with E-state index in [0.29, 0.717) is 42.2 Å². The third kappa shape index (κ3) is 2.97. The van der Waals surface area contributed by atoms with Crippen molar-refractivity contribution < 1.29 is 28.9 Å². The molecule has 2 aliphatic rings. The van der Waals surface area contributed by atoms with Crippen molar-refractivity contribution in [2.75, 3.05) is 20.8 Å². The number of phenols is 1.